The number of anilines is 1. The van der Waals surface area contributed by atoms with Crippen LogP contribution in [0.3, 0.4) is 0 Å². The van der Waals surface area contributed by atoms with E-state index in [2.05, 4.69) is 15.6 Å². The minimum Gasteiger partial charge on any atom is -0.396 e. The molecule has 2 amide bonds. The second-order valence-electron chi connectivity index (χ2n) is 5.93. The van der Waals surface area contributed by atoms with Gasteiger partial charge in [-0.1, -0.05) is 12.1 Å². The molecule has 2 aliphatic rings. The third-order valence-electron chi connectivity index (χ3n) is 4.51. The quantitative estimate of drug-likeness (QED) is 0.642. The summed E-state index contributed by atoms with van der Waals surface area (Å²) in [7, 11) is 0. The zero-order valence-electron chi connectivity index (χ0n) is 13.0. The number of nitrogens with one attached hydrogen (secondary N) is 3. The lowest BCUT2D eigenvalue weighted by Crippen LogP contribution is -2.31. The molecule has 1 aromatic carbocycles. The molecule has 122 valence electrons. The summed E-state index contributed by atoms with van der Waals surface area (Å²) in [4.78, 5) is 27.4. The summed E-state index contributed by atoms with van der Waals surface area (Å²) >= 11 is 0. The van der Waals surface area contributed by atoms with Crippen LogP contribution in [0.25, 0.3) is 11.6 Å². The van der Waals surface area contributed by atoms with E-state index in [-0.39, 0.29) is 18.4 Å². The number of fused-ring (bicyclic) bond motifs is 2. The molecule has 0 aliphatic carbocycles. The standard InChI is InChI=1S/C18H17N3O3/c22-7-5-10-2-1-3-14-16(10)12(18(24)21-14)8-15-11-4-6-19-17(23)13(11)9-20-15/h1-3,8-9,20,22H,4-7H2,(H,19,23)(H,21,24)/b12-8-. The van der Waals surface area contributed by atoms with Crippen LogP contribution in [0.4, 0.5) is 5.69 Å². The first kappa shape index (κ1) is 14.7. The SMILES string of the molecule is O=C1Nc2cccc(CCO)c2/C1=C/c1[nH]cc2c1CCNC2=O. The Labute approximate surface area is 138 Å². The number of benzene rings is 1. The monoisotopic (exact) mass is 323 g/mol. The molecular weight excluding hydrogens is 306 g/mol. The highest BCUT2D eigenvalue weighted by atomic mass is 16.3. The Bertz CT molecular complexity index is 880. The summed E-state index contributed by atoms with van der Waals surface area (Å²) < 4.78 is 0. The molecule has 2 aliphatic heterocycles. The molecule has 0 bridgehead atoms. The number of amides is 2. The minimum atomic E-state index is -0.168. The van der Waals surface area contributed by atoms with E-state index >= 15 is 0 Å². The van der Waals surface area contributed by atoms with Crippen LogP contribution in [0.2, 0.25) is 0 Å². The summed E-state index contributed by atoms with van der Waals surface area (Å²) in [5.41, 5.74) is 5.44. The van der Waals surface area contributed by atoms with Crippen LogP contribution in [-0.2, 0) is 17.6 Å². The van der Waals surface area contributed by atoms with E-state index in [9.17, 15) is 14.7 Å². The van der Waals surface area contributed by atoms with Crippen molar-refractivity contribution in [2.45, 2.75) is 12.8 Å². The Hall–Kier alpha value is -2.86. The number of aliphatic hydroxyl groups is 1. The van der Waals surface area contributed by atoms with Crippen LogP contribution >= 0.6 is 0 Å². The average molecular weight is 323 g/mol. The minimum absolute atomic E-state index is 0.0238. The Kier molecular flexibility index (Phi) is 3.46. The molecule has 4 rings (SSSR count). The molecule has 0 radical (unpaired) electrons. The molecule has 0 unspecified atom stereocenters. The largest absolute Gasteiger partial charge is 0.396 e. The molecule has 0 spiro atoms. The van der Waals surface area contributed by atoms with Gasteiger partial charge in [-0.3, -0.25) is 9.59 Å². The van der Waals surface area contributed by atoms with Crippen molar-refractivity contribution in [1.29, 1.82) is 0 Å². The topological polar surface area (TPSA) is 94.2 Å². The predicted octanol–water partition coefficient (Wildman–Crippen LogP) is 1.33. The van der Waals surface area contributed by atoms with Crippen molar-refractivity contribution >= 4 is 29.2 Å². The Morgan fingerprint density at radius 2 is 2.08 bits per heavy atom. The molecule has 1 aromatic heterocycles. The first-order valence-electron chi connectivity index (χ1n) is 7.93. The van der Waals surface area contributed by atoms with Crippen LogP contribution in [0.1, 0.15) is 32.7 Å². The van der Waals surface area contributed by atoms with E-state index in [0.717, 1.165) is 34.5 Å². The molecule has 2 aromatic rings. The van der Waals surface area contributed by atoms with Crippen molar-refractivity contribution < 1.29 is 14.7 Å². The summed E-state index contributed by atoms with van der Waals surface area (Å²) in [5, 5.41) is 14.9. The maximum absolute atomic E-state index is 12.4. The van der Waals surface area contributed by atoms with E-state index < -0.39 is 0 Å². The van der Waals surface area contributed by atoms with Crippen LogP contribution in [0.5, 0.6) is 0 Å². The van der Waals surface area contributed by atoms with Crippen molar-refractivity contribution in [3.63, 3.8) is 0 Å². The molecule has 24 heavy (non-hydrogen) atoms. The molecular formula is C18H17N3O3. The van der Waals surface area contributed by atoms with Crippen molar-refractivity contribution in [3.8, 4) is 0 Å². The smallest absolute Gasteiger partial charge is 0.256 e. The fraction of sp³-hybridized carbons (Fsp3) is 0.222. The predicted molar refractivity (Wildman–Crippen MR) is 90.6 cm³/mol. The molecule has 4 N–H and O–H groups in total. The Balaban J connectivity index is 1.83. The molecule has 3 heterocycles. The number of H-pyrrole nitrogens is 1. The molecule has 0 atom stereocenters. The number of rotatable bonds is 3. The van der Waals surface area contributed by atoms with Crippen LogP contribution < -0.4 is 10.6 Å². The zero-order valence-corrected chi connectivity index (χ0v) is 13.0. The number of aromatic nitrogens is 1. The van der Waals surface area contributed by atoms with Gasteiger partial charge < -0.3 is 20.7 Å². The van der Waals surface area contributed by atoms with Gasteiger partial charge in [-0.25, -0.2) is 0 Å². The van der Waals surface area contributed by atoms with Crippen molar-refractivity contribution in [3.05, 3.63) is 52.3 Å². The number of aromatic amines is 1. The van der Waals surface area contributed by atoms with Gasteiger partial charge in [0.2, 0.25) is 0 Å². The third-order valence-corrected chi connectivity index (χ3v) is 4.51. The van der Waals surface area contributed by atoms with Gasteiger partial charge >= 0.3 is 0 Å². The summed E-state index contributed by atoms with van der Waals surface area (Å²) in [6.45, 7) is 0.619. The first-order valence-corrected chi connectivity index (χ1v) is 7.93. The lowest BCUT2D eigenvalue weighted by Gasteiger charge is -2.13. The zero-order chi connectivity index (χ0) is 16.7. The summed E-state index contributed by atoms with van der Waals surface area (Å²) in [5.74, 6) is -0.256. The van der Waals surface area contributed by atoms with Gasteiger partial charge in [-0.05, 0) is 36.1 Å². The average Bonchev–Trinajstić information content (AvgIpc) is 3.12. The summed E-state index contributed by atoms with van der Waals surface area (Å²) in [6.07, 6.45) is 4.71. The molecule has 6 heteroatoms. The Morgan fingerprint density at radius 3 is 2.92 bits per heavy atom. The van der Waals surface area contributed by atoms with Crippen LogP contribution in [-0.4, -0.2) is 35.1 Å². The van der Waals surface area contributed by atoms with E-state index in [1.54, 1.807) is 12.3 Å². The summed E-state index contributed by atoms with van der Waals surface area (Å²) in [6, 6.07) is 5.64. The van der Waals surface area contributed by atoms with Gasteiger partial charge in [0.1, 0.15) is 0 Å². The van der Waals surface area contributed by atoms with E-state index in [1.807, 2.05) is 18.2 Å². The maximum atomic E-state index is 12.4. The highest BCUT2D eigenvalue weighted by molar-refractivity contribution is 6.35. The number of hydrogen-bond donors (Lipinski definition) is 4. The van der Waals surface area contributed by atoms with Gasteiger partial charge in [-0.15, -0.1) is 0 Å². The normalized spacial score (nSPS) is 17.5. The first-order chi connectivity index (χ1) is 11.7. The van der Waals surface area contributed by atoms with Gasteiger partial charge in [0.15, 0.2) is 0 Å². The van der Waals surface area contributed by atoms with Crippen molar-refractivity contribution in [2.75, 3.05) is 18.5 Å². The molecule has 6 nitrogen and oxygen atoms in total. The van der Waals surface area contributed by atoms with Crippen LogP contribution in [0, 0.1) is 0 Å². The highest BCUT2D eigenvalue weighted by Gasteiger charge is 2.28. The molecule has 0 saturated carbocycles. The molecule has 0 fully saturated rings. The van der Waals surface area contributed by atoms with Gasteiger partial charge in [0.05, 0.1) is 11.1 Å². The van der Waals surface area contributed by atoms with Crippen molar-refractivity contribution in [2.24, 2.45) is 0 Å². The second kappa shape index (κ2) is 5.65. The van der Waals surface area contributed by atoms with Gasteiger partial charge in [-0.2, -0.15) is 0 Å². The Morgan fingerprint density at radius 1 is 1.21 bits per heavy atom. The van der Waals surface area contributed by atoms with Gasteiger partial charge in [0, 0.05) is 36.3 Å². The number of carbonyl (C=O) groups excluding carboxylic acids is 2. The fourth-order valence-corrected chi connectivity index (χ4v) is 3.40. The highest BCUT2D eigenvalue weighted by Crippen LogP contribution is 2.36. The van der Waals surface area contributed by atoms with E-state index in [4.69, 9.17) is 0 Å². The molecule has 0 saturated heterocycles. The number of hydrogen-bond acceptors (Lipinski definition) is 3. The third kappa shape index (κ3) is 2.23. The number of aliphatic hydroxyl groups excluding tert-OH is 1. The van der Waals surface area contributed by atoms with Crippen LogP contribution in [0.15, 0.2) is 24.4 Å². The lowest BCUT2D eigenvalue weighted by atomic mass is 9.96. The fourth-order valence-electron chi connectivity index (χ4n) is 3.40. The van der Waals surface area contributed by atoms with Gasteiger partial charge in [0.25, 0.3) is 11.8 Å². The lowest BCUT2D eigenvalue weighted by molar-refractivity contribution is -0.110. The van der Waals surface area contributed by atoms with E-state index in [1.165, 1.54) is 0 Å². The second-order valence-corrected chi connectivity index (χ2v) is 5.93. The van der Waals surface area contributed by atoms with E-state index in [0.29, 0.717) is 24.1 Å². The number of carbonyl (C=O) groups is 2. The maximum Gasteiger partial charge on any atom is 0.256 e. The van der Waals surface area contributed by atoms with Crippen molar-refractivity contribution in [1.82, 2.24) is 10.3 Å².